The Labute approximate surface area is 167 Å². The van der Waals surface area contributed by atoms with Crippen LogP contribution in [0.4, 0.5) is 0 Å². The second-order valence-electron chi connectivity index (χ2n) is 6.45. The van der Waals surface area contributed by atoms with Crippen molar-refractivity contribution in [3.8, 4) is 11.5 Å². The molecule has 1 saturated carbocycles. The van der Waals surface area contributed by atoms with Gasteiger partial charge in [0.15, 0.2) is 11.5 Å². The van der Waals surface area contributed by atoms with Crippen molar-refractivity contribution < 1.29 is 9.47 Å². The van der Waals surface area contributed by atoms with Crippen molar-refractivity contribution >= 4 is 24.0 Å². The van der Waals surface area contributed by atoms with Crippen molar-refractivity contribution in [2.24, 2.45) is 0 Å². The summed E-state index contributed by atoms with van der Waals surface area (Å²) in [5, 5.41) is 4.40. The number of nitrogens with one attached hydrogen (secondary N) is 1. The standard InChI is InChI=1S/C21H26ClNO2.ClH/c1-2-24-20-9-5-6-17(14-23-19-7-3-4-8-19)21(20)25-15-16-10-12-18(22)13-11-16;/h5-6,9-13,19,23H,2-4,7-8,14-15H2,1H3;1H. The van der Waals surface area contributed by atoms with Crippen LogP contribution in [0.1, 0.15) is 43.7 Å². The Bertz CT molecular complexity index is 670. The molecule has 0 heterocycles. The molecule has 142 valence electrons. The molecule has 3 rings (SSSR count). The fourth-order valence-corrected chi connectivity index (χ4v) is 3.38. The number of para-hydroxylation sites is 1. The first-order valence-corrected chi connectivity index (χ1v) is 9.49. The Morgan fingerprint density at radius 3 is 2.46 bits per heavy atom. The molecule has 0 amide bonds. The lowest BCUT2D eigenvalue weighted by Gasteiger charge is -2.18. The van der Waals surface area contributed by atoms with E-state index in [0.29, 0.717) is 19.3 Å². The second kappa shape index (κ2) is 10.7. The summed E-state index contributed by atoms with van der Waals surface area (Å²) in [6.07, 6.45) is 5.20. The van der Waals surface area contributed by atoms with Gasteiger partial charge in [-0.1, -0.05) is 48.7 Å². The zero-order valence-electron chi connectivity index (χ0n) is 15.2. The van der Waals surface area contributed by atoms with Crippen molar-refractivity contribution in [1.82, 2.24) is 5.32 Å². The molecule has 2 aromatic carbocycles. The molecule has 0 atom stereocenters. The van der Waals surface area contributed by atoms with E-state index in [1.807, 2.05) is 43.3 Å². The lowest BCUT2D eigenvalue weighted by molar-refractivity contribution is 0.265. The Morgan fingerprint density at radius 1 is 1.04 bits per heavy atom. The van der Waals surface area contributed by atoms with Gasteiger partial charge in [0, 0.05) is 23.2 Å². The molecular formula is C21H27Cl2NO2. The summed E-state index contributed by atoms with van der Waals surface area (Å²) in [5.74, 6) is 1.65. The van der Waals surface area contributed by atoms with Crippen molar-refractivity contribution in [3.05, 3.63) is 58.6 Å². The molecule has 0 aliphatic heterocycles. The summed E-state index contributed by atoms with van der Waals surface area (Å²) in [7, 11) is 0. The summed E-state index contributed by atoms with van der Waals surface area (Å²) in [5.41, 5.74) is 2.23. The first-order valence-electron chi connectivity index (χ1n) is 9.11. The second-order valence-corrected chi connectivity index (χ2v) is 6.89. The number of ether oxygens (including phenoxy) is 2. The van der Waals surface area contributed by atoms with E-state index in [0.717, 1.165) is 34.2 Å². The lowest BCUT2D eigenvalue weighted by Crippen LogP contribution is -2.25. The first kappa shape index (κ1) is 20.9. The van der Waals surface area contributed by atoms with Gasteiger partial charge in [0.25, 0.3) is 0 Å². The SMILES string of the molecule is CCOc1cccc(CNC2CCCC2)c1OCc1ccc(Cl)cc1.Cl. The predicted molar refractivity (Wildman–Crippen MR) is 110 cm³/mol. The van der Waals surface area contributed by atoms with Crippen molar-refractivity contribution in [2.75, 3.05) is 6.61 Å². The number of rotatable bonds is 8. The van der Waals surface area contributed by atoms with E-state index in [9.17, 15) is 0 Å². The minimum absolute atomic E-state index is 0. The van der Waals surface area contributed by atoms with Crippen molar-refractivity contribution in [2.45, 2.75) is 51.8 Å². The van der Waals surface area contributed by atoms with Crippen LogP contribution >= 0.6 is 24.0 Å². The van der Waals surface area contributed by atoms with Gasteiger partial charge in [0.1, 0.15) is 6.61 Å². The average molecular weight is 396 g/mol. The normalized spacial score (nSPS) is 14.1. The summed E-state index contributed by atoms with van der Waals surface area (Å²) >= 11 is 5.95. The quantitative estimate of drug-likeness (QED) is 0.614. The molecule has 0 saturated heterocycles. The number of hydrogen-bond acceptors (Lipinski definition) is 3. The van der Waals surface area contributed by atoms with Crippen molar-refractivity contribution in [3.63, 3.8) is 0 Å². The van der Waals surface area contributed by atoms with E-state index < -0.39 is 0 Å². The van der Waals surface area contributed by atoms with Gasteiger partial charge in [-0.15, -0.1) is 12.4 Å². The molecule has 2 aromatic rings. The molecule has 0 aromatic heterocycles. The third-order valence-electron chi connectivity index (χ3n) is 4.59. The molecule has 0 radical (unpaired) electrons. The van der Waals surface area contributed by atoms with Crippen LogP contribution in [0, 0.1) is 0 Å². The molecule has 5 heteroatoms. The molecule has 0 bridgehead atoms. The van der Waals surface area contributed by atoms with E-state index in [1.54, 1.807) is 0 Å². The predicted octanol–water partition coefficient (Wildman–Crippen LogP) is 5.77. The van der Waals surface area contributed by atoms with Crippen LogP contribution in [-0.4, -0.2) is 12.6 Å². The molecule has 1 aliphatic carbocycles. The van der Waals surface area contributed by atoms with Crippen LogP contribution in [0.5, 0.6) is 11.5 Å². The molecule has 0 spiro atoms. The largest absolute Gasteiger partial charge is 0.490 e. The molecular weight excluding hydrogens is 369 g/mol. The summed E-state index contributed by atoms with van der Waals surface area (Å²) in [4.78, 5) is 0. The van der Waals surface area contributed by atoms with E-state index in [-0.39, 0.29) is 12.4 Å². The fraction of sp³-hybridized carbons (Fsp3) is 0.429. The highest BCUT2D eigenvalue weighted by Crippen LogP contribution is 2.32. The van der Waals surface area contributed by atoms with E-state index in [1.165, 1.54) is 25.7 Å². The number of benzene rings is 2. The third-order valence-corrected chi connectivity index (χ3v) is 4.85. The van der Waals surface area contributed by atoms with Gasteiger partial charge in [0.05, 0.1) is 6.61 Å². The topological polar surface area (TPSA) is 30.5 Å². The highest BCUT2D eigenvalue weighted by atomic mass is 35.5. The summed E-state index contributed by atoms with van der Waals surface area (Å²) in [6, 6.07) is 14.5. The van der Waals surface area contributed by atoms with Gasteiger partial charge >= 0.3 is 0 Å². The molecule has 0 unspecified atom stereocenters. The van der Waals surface area contributed by atoms with Crippen LogP contribution in [0.15, 0.2) is 42.5 Å². The third kappa shape index (κ3) is 5.80. The molecule has 1 fully saturated rings. The van der Waals surface area contributed by atoms with Crippen LogP contribution in [0.25, 0.3) is 0 Å². The summed E-state index contributed by atoms with van der Waals surface area (Å²) in [6.45, 7) is 3.92. The Kier molecular flexibility index (Phi) is 8.56. The lowest BCUT2D eigenvalue weighted by atomic mass is 10.1. The number of hydrogen-bond donors (Lipinski definition) is 1. The highest BCUT2D eigenvalue weighted by Gasteiger charge is 2.16. The van der Waals surface area contributed by atoms with E-state index >= 15 is 0 Å². The van der Waals surface area contributed by atoms with Gasteiger partial charge in [-0.25, -0.2) is 0 Å². The number of halogens is 2. The highest BCUT2D eigenvalue weighted by molar-refractivity contribution is 6.30. The molecule has 1 N–H and O–H groups in total. The van der Waals surface area contributed by atoms with E-state index in [4.69, 9.17) is 21.1 Å². The van der Waals surface area contributed by atoms with Gasteiger partial charge in [-0.05, 0) is 43.5 Å². The minimum Gasteiger partial charge on any atom is -0.490 e. The molecule has 3 nitrogen and oxygen atoms in total. The van der Waals surface area contributed by atoms with Crippen LogP contribution in [0.3, 0.4) is 0 Å². The smallest absolute Gasteiger partial charge is 0.166 e. The van der Waals surface area contributed by atoms with E-state index in [2.05, 4.69) is 11.4 Å². The Balaban J connectivity index is 0.00000243. The fourth-order valence-electron chi connectivity index (χ4n) is 3.25. The van der Waals surface area contributed by atoms with Gasteiger partial charge < -0.3 is 14.8 Å². The average Bonchev–Trinajstić information content (AvgIpc) is 3.14. The monoisotopic (exact) mass is 395 g/mol. The maximum atomic E-state index is 6.15. The molecule has 1 aliphatic rings. The maximum absolute atomic E-state index is 6.15. The van der Waals surface area contributed by atoms with Gasteiger partial charge in [0.2, 0.25) is 0 Å². The van der Waals surface area contributed by atoms with Gasteiger partial charge in [-0.2, -0.15) is 0 Å². The zero-order valence-corrected chi connectivity index (χ0v) is 16.7. The zero-order chi connectivity index (χ0) is 17.5. The molecule has 26 heavy (non-hydrogen) atoms. The summed E-state index contributed by atoms with van der Waals surface area (Å²) < 4.78 is 11.9. The Hall–Kier alpha value is -1.42. The van der Waals surface area contributed by atoms with Crippen LogP contribution < -0.4 is 14.8 Å². The van der Waals surface area contributed by atoms with Gasteiger partial charge in [-0.3, -0.25) is 0 Å². The van der Waals surface area contributed by atoms with Crippen LogP contribution in [0.2, 0.25) is 5.02 Å². The van der Waals surface area contributed by atoms with Crippen LogP contribution in [-0.2, 0) is 13.2 Å². The Morgan fingerprint density at radius 2 is 1.77 bits per heavy atom. The maximum Gasteiger partial charge on any atom is 0.166 e. The van der Waals surface area contributed by atoms with Crippen molar-refractivity contribution in [1.29, 1.82) is 0 Å². The minimum atomic E-state index is 0. The first-order chi connectivity index (χ1) is 12.3.